The van der Waals surface area contributed by atoms with Gasteiger partial charge in [-0.3, -0.25) is 0 Å². The van der Waals surface area contributed by atoms with Gasteiger partial charge in [-0.15, -0.1) is 11.3 Å². The van der Waals surface area contributed by atoms with Gasteiger partial charge < -0.3 is 8.83 Å². The molecule has 4 nitrogen and oxygen atoms in total. The van der Waals surface area contributed by atoms with Crippen molar-refractivity contribution in [2.75, 3.05) is 0 Å². The predicted molar refractivity (Wildman–Crippen MR) is 102 cm³/mol. The van der Waals surface area contributed by atoms with E-state index in [1.54, 1.807) is 30.5 Å². The number of hydrogen-bond acceptors (Lipinski definition) is 5. The number of allylic oxidation sites excluding steroid dienone is 1. The fourth-order valence-corrected chi connectivity index (χ4v) is 3.46. The lowest BCUT2D eigenvalue weighted by atomic mass is 10.2. The quantitative estimate of drug-likeness (QED) is 0.386. The van der Waals surface area contributed by atoms with Crippen LogP contribution in [0.25, 0.3) is 34.4 Å². The molecule has 0 fully saturated rings. The Morgan fingerprint density at radius 1 is 1.12 bits per heavy atom. The van der Waals surface area contributed by atoms with Gasteiger partial charge >= 0.3 is 0 Å². The monoisotopic (exact) mass is 378 g/mol. The molecule has 0 bridgehead atoms. The van der Waals surface area contributed by atoms with Crippen molar-refractivity contribution >= 4 is 34.6 Å². The molecule has 0 spiro atoms. The van der Waals surface area contributed by atoms with Crippen molar-refractivity contribution in [1.29, 1.82) is 5.26 Å². The summed E-state index contributed by atoms with van der Waals surface area (Å²) in [7, 11) is 0. The topological polar surface area (TPSA) is 63.0 Å². The highest BCUT2D eigenvalue weighted by atomic mass is 35.5. The highest BCUT2D eigenvalue weighted by molar-refractivity contribution is 7.11. The van der Waals surface area contributed by atoms with E-state index in [9.17, 15) is 5.26 Å². The molecule has 0 aliphatic carbocycles. The number of rotatable bonds is 4. The lowest BCUT2D eigenvalue weighted by Gasteiger charge is -1.99. The second-order valence-electron chi connectivity index (χ2n) is 5.37. The van der Waals surface area contributed by atoms with Crippen LogP contribution in [0.15, 0.2) is 69.0 Å². The van der Waals surface area contributed by atoms with Crippen LogP contribution >= 0.6 is 22.9 Å². The summed E-state index contributed by atoms with van der Waals surface area (Å²) in [6, 6.07) is 16.9. The summed E-state index contributed by atoms with van der Waals surface area (Å²) < 4.78 is 11.2. The predicted octanol–water partition coefficient (Wildman–Crippen LogP) is 6.38. The summed E-state index contributed by atoms with van der Waals surface area (Å²) in [5, 5.41) is 12.6. The van der Waals surface area contributed by atoms with Gasteiger partial charge in [-0.1, -0.05) is 23.7 Å². The molecule has 0 aliphatic rings. The lowest BCUT2D eigenvalue weighted by Crippen LogP contribution is -1.81. The lowest BCUT2D eigenvalue weighted by molar-refractivity contribution is 0.572. The smallest absolute Gasteiger partial charge is 0.153 e. The summed E-state index contributed by atoms with van der Waals surface area (Å²) in [4.78, 5) is 4.47. The Morgan fingerprint density at radius 3 is 2.77 bits per heavy atom. The van der Waals surface area contributed by atoms with Crippen LogP contribution in [-0.4, -0.2) is 4.98 Å². The average molecular weight is 379 g/mol. The third-order valence-corrected chi connectivity index (χ3v) is 4.89. The number of benzene rings is 1. The van der Waals surface area contributed by atoms with Crippen LogP contribution in [0.3, 0.4) is 0 Å². The largest absolute Gasteiger partial charge is 0.463 e. The average Bonchev–Trinajstić information content (AvgIpc) is 3.40. The Kier molecular flexibility index (Phi) is 4.44. The summed E-state index contributed by atoms with van der Waals surface area (Å²) in [5.74, 6) is 1.88. The molecule has 126 valence electrons. The van der Waals surface area contributed by atoms with E-state index in [1.165, 1.54) is 11.3 Å². The van der Waals surface area contributed by atoms with Crippen LogP contribution in [0, 0.1) is 11.3 Å². The Balaban J connectivity index is 1.65. The fourth-order valence-electron chi connectivity index (χ4n) is 2.46. The van der Waals surface area contributed by atoms with E-state index in [0.29, 0.717) is 38.6 Å². The number of halogens is 1. The van der Waals surface area contributed by atoms with Gasteiger partial charge in [0.2, 0.25) is 0 Å². The zero-order chi connectivity index (χ0) is 17.9. The maximum atomic E-state index is 9.51. The van der Waals surface area contributed by atoms with Gasteiger partial charge in [-0.05, 0) is 36.4 Å². The van der Waals surface area contributed by atoms with E-state index in [0.717, 1.165) is 5.56 Å². The molecule has 26 heavy (non-hydrogen) atoms. The van der Waals surface area contributed by atoms with E-state index < -0.39 is 0 Å². The maximum absolute atomic E-state index is 9.51. The number of furan rings is 2. The molecule has 4 aromatic rings. The highest BCUT2D eigenvalue weighted by Crippen LogP contribution is 2.31. The van der Waals surface area contributed by atoms with Gasteiger partial charge in [0.05, 0.1) is 16.9 Å². The first-order valence-electron chi connectivity index (χ1n) is 7.71. The molecule has 0 saturated carbocycles. The van der Waals surface area contributed by atoms with Gasteiger partial charge in [0.25, 0.3) is 0 Å². The van der Waals surface area contributed by atoms with E-state index in [-0.39, 0.29) is 0 Å². The van der Waals surface area contributed by atoms with Crippen LogP contribution < -0.4 is 0 Å². The minimum absolute atomic E-state index is 0.424. The molecule has 6 heteroatoms. The Bertz CT molecular complexity index is 1120. The van der Waals surface area contributed by atoms with Gasteiger partial charge in [-0.2, -0.15) is 5.26 Å². The first kappa shape index (κ1) is 16.4. The van der Waals surface area contributed by atoms with E-state index in [2.05, 4.69) is 11.1 Å². The number of aromatic nitrogens is 1. The van der Waals surface area contributed by atoms with Crippen molar-refractivity contribution in [3.63, 3.8) is 0 Å². The second kappa shape index (κ2) is 7.04. The summed E-state index contributed by atoms with van der Waals surface area (Å²) in [6.07, 6.45) is 3.26. The molecule has 0 aliphatic heterocycles. The van der Waals surface area contributed by atoms with Crippen molar-refractivity contribution in [2.45, 2.75) is 0 Å². The van der Waals surface area contributed by atoms with Crippen molar-refractivity contribution in [2.24, 2.45) is 0 Å². The summed E-state index contributed by atoms with van der Waals surface area (Å²) in [5.41, 5.74) is 1.93. The second-order valence-corrected chi connectivity index (χ2v) is 6.63. The minimum Gasteiger partial charge on any atom is -0.463 e. The van der Waals surface area contributed by atoms with Gasteiger partial charge in [0.15, 0.2) is 5.76 Å². The molecule has 0 atom stereocenters. The fraction of sp³-hybridized carbons (Fsp3) is 0. The van der Waals surface area contributed by atoms with Crippen LogP contribution in [0.1, 0.15) is 10.8 Å². The molecule has 0 unspecified atom stereocenters. The minimum atomic E-state index is 0.424. The zero-order valence-corrected chi connectivity index (χ0v) is 14.9. The molecule has 4 rings (SSSR count). The van der Waals surface area contributed by atoms with E-state index >= 15 is 0 Å². The number of nitriles is 1. The molecule has 0 N–H and O–H groups in total. The first-order valence-corrected chi connectivity index (χ1v) is 8.96. The molecule has 0 amide bonds. The normalized spacial score (nSPS) is 11.5. The Morgan fingerprint density at radius 2 is 2.00 bits per heavy atom. The first-order chi connectivity index (χ1) is 12.7. The summed E-state index contributed by atoms with van der Waals surface area (Å²) in [6.45, 7) is 0. The van der Waals surface area contributed by atoms with E-state index in [4.69, 9.17) is 20.4 Å². The van der Waals surface area contributed by atoms with E-state index in [1.807, 2.05) is 35.7 Å². The van der Waals surface area contributed by atoms with Gasteiger partial charge in [0, 0.05) is 17.0 Å². The van der Waals surface area contributed by atoms with Crippen LogP contribution in [-0.2, 0) is 0 Å². The maximum Gasteiger partial charge on any atom is 0.153 e. The number of hydrogen-bond donors (Lipinski definition) is 0. The third-order valence-electron chi connectivity index (χ3n) is 3.68. The molecule has 3 heterocycles. The summed E-state index contributed by atoms with van der Waals surface area (Å²) >= 11 is 7.58. The van der Waals surface area contributed by atoms with Crippen molar-refractivity contribution in [3.8, 4) is 28.8 Å². The molecule has 0 radical (unpaired) electrons. The Hall–Kier alpha value is -3.07. The number of thiazole rings is 1. The van der Waals surface area contributed by atoms with Gasteiger partial charge in [0.1, 0.15) is 28.3 Å². The van der Waals surface area contributed by atoms with Crippen molar-refractivity contribution in [3.05, 3.63) is 76.0 Å². The highest BCUT2D eigenvalue weighted by Gasteiger charge is 2.12. The molecular formula is C20H11ClN2O2S. The number of nitrogens with zero attached hydrogens (tertiary/aromatic N) is 2. The van der Waals surface area contributed by atoms with Crippen LogP contribution in [0.5, 0.6) is 0 Å². The third kappa shape index (κ3) is 3.21. The van der Waals surface area contributed by atoms with Crippen LogP contribution in [0.4, 0.5) is 0 Å². The zero-order valence-electron chi connectivity index (χ0n) is 13.3. The Labute approximate surface area is 158 Å². The van der Waals surface area contributed by atoms with Gasteiger partial charge in [-0.25, -0.2) is 4.98 Å². The molecule has 1 aromatic carbocycles. The standard InChI is InChI=1S/C20H11ClN2O2S/c21-16-5-2-1-4-15(16)18-8-7-14(25-18)10-13(11-22)20-23-17(12-26-20)19-6-3-9-24-19/h1-10,12H. The SMILES string of the molecule is N#CC(=Cc1ccc(-c2ccccc2Cl)o1)c1nc(-c2ccco2)cs1. The molecule has 3 aromatic heterocycles. The molecular weight excluding hydrogens is 368 g/mol. The van der Waals surface area contributed by atoms with Crippen molar-refractivity contribution in [1.82, 2.24) is 4.98 Å². The van der Waals surface area contributed by atoms with Crippen molar-refractivity contribution < 1.29 is 8.83 Å². The molecule has 0 saturated heterocycles. The van der Waals surface area contributed by atoms with Crippen LogP contribution in [0.2, 0.25) is 5.02 Å².